The van der Waals surface area contributed by atoms with Gasteiger partial charge >= 0.3 is 5.97 Å². The predicted molar refractivity (Wildman–Crippen MR) is 119 cm³/mol. The SMILES string of the molecule is Cc1ccc(S(=O)(=O)n2cc3c4c(c(Cl)cnc42)CN(C(C(=O)O)C(C)(C)C)C3=O)cc1. The van der Waals surface area contributed by atoms with E-state index in [-0.39, 0.29) is 27.7 Å². The van der Waals surface area contributed by atoms with Crippen LogP contribution >= 0.6 is 11.6 Å². The zero-order chi connectivity index (χ0) is 23.6. The Kier molecular flexibility index (Phi) is 5.09. The summed E-state index contributed by atoms with van der Waals surface area (Å²) in [7, 11) is -4.06. The summed E-state index contributed by atoms with van der Waals surface area (Å²) in [6.45, 7) is 6.97. The molecule has 32 heavy (non-hydrogen) atoms. The Bertz CT molecular complexity index is 1370. The van der Waals surface area contributed by atoms with E-state index in [1.54, 1.807) is 32.9 Å². The van der Waals surface area contributed by atoms with Crippen molar-refractivity contribution in [2.45, 2.75) is 45.2 Å². The number of amides is 1. The van der Waals surface area contributed by atoms with Crippen molar-refractivity contribution in [3.63, 3.8) is 0 Å². The van der Waals surface area contributed by atoms with Crippen molar-refractivity contribution in [3.05, 3.63) is 58.4 Å². The third-order valence-electron chi connectivity index (χ3n) is 5.60. The molecule has 1 N–H and O–H groups in total. The number of carbonyl (C=O) groups is 2. The van der Waals surface area contributed by atoms with E-state index in [1.165, 1.54) is 29.4 Å². The third kappa shape index (κ3) is 3.36. The molecular weight excluding hydrogens is 454 g/mol. The van der Waals surface area contributed by atoms with Crippen LogP contribution in [0.2, 0.25) is 5.02 Å². The van der Waals surface area contributed by atoms with Crippen molar-refractivity contribution in [2.75, 3.05) is 0 Å². The maximum absolute atomic E-state index is 13.4. The number of aryl methyl sites for hydroxylation is 1. The minimum Gasteiger partial charge on any atom is -0.480 e. The van der Waals surface area contributed by atoms with Gasteiger partial charge in [0.05, 0.1) is 15.5 Å². The van der Waals surface area contributed by atoms with E-state index in [0.717, 1.165) is 9.54 Å². The van der Waals surface area contributed by atoms with Gasteiger partial charge in [0.25, 0.3) is 15.9 Å². The molecule has 1 aliphatic heterocycles. The van der Waals surface area contributed by atoms with Crippen molar-refractivity contribution in [1.29, 1.82) is 0 Å². The fraction of sp³-hybridized carbons (Fsp3) is 0.318. The number of carboxylic acid groups (broad SMARTS) is 1. The first-order valence-corrected chi connectivity index (χ1v) is 11.7. The van der Waals surface area contributed by atoms with Gasteiger partial charge in [-0.25, -0.2) is 22.2 Å². The zero-order valence-corrected chi connectivity index (χ0v) is 19.5. The number of benzene rings is 1. The van der Waals surface area contributed by atoms with Crippen molar-refractivity contribution in [2.24, 2.45) is 5.41 Å². The molecule has 1 aliphatic rings. The third-order valence-corrected chi connectivity index (χ3v) is 7.59. The van der Waals surface area contributed by atoms with Gasteiger partial charge in [-0.05, 0) is 24.5 Å². The first-order valence-electron chi connectivity index (χ1n) is 9.88. The molecule has 2 aromatic heterocycles. The largest absolute Gasteiger partial charge is 0.480 e. The quantitative estimate of drug-likeness (QED) is 0.616. The molecule has 0 fully saturated rings. The number of pyridine rings is 1. The van der Waals surface area contributed by atoms with Crippen LogP contribution in [0.1, 0.15) is 42.3 Å². The van der Waals surface area contributed by atoms with Gasteiger partial charge in [0.15, 0.2) is 5.65 Å². The molecule has 3 heterocycles. The highest BCUT2D eigenvalue weighted by molar-refractivity contribution is 7.90. The molecule has 0 saturated heterocycles. The number of carbonyl (C=O) groups excluding carboxylic acids is 1. The van der Waals surface area contributed by atoms with Crippen LogP contribution in [0.25, 0.3) is 11.0 Å². The highest BCUT2D eigenvalue weighted by Crippen LogP contribution is 2.39. The molecule has 0 bridgehead atoms. The summed E-state index contributed by atoms with van der Waals surface area (Å²) in [6, 6.07) is 5.20. The summed E-state index contributed by atoms with van der Waals surface area (Å²) < 4.78 is 27.7. The van der Waals surface area contributed by atoms with E-state index >= 15 is 0 Å². The minimum absolute atomic E-state index is 0.0477. The van der Waals surface area contributed by atoms with Crippen molar-refractivity contribution in [3.8, 4) is 0 Å². The van der Waals surface area contributed by atoms with Gasteiger partial charge in [-0.15, -0.1) is 0 Å². The predicted octanol–water partition coefficient (Wildman–Crippen LogP) is 3.69. The summed E-state index contributed by atoms with van der Waals surface area (Å²) in [5.41, 5.74) is 0.742. The number of rotatable bonds is 4. The first kappa shape index (κ1) is 22.3. The maximum atomic E-state index is 13.4. The van der Waals surface area contributed by atoms with E-state index in [2.05, 4.69) is 4.98 Å². The van der Waals surface area contributed by atoms with E-state index in [4.69, 9.17) is 11.6 Å². The molecular formula is C22H22ClN3O5S. The van der Waals surface area contributed by atoms with Gasteiger partial charge in [-0.3, -0.25) is 4.79 Å². The number of halogens is 1. The Balaban J connectivity index is 1.95. The monoisotopic (exact) mass is 475 g/mol. The zero-order valence-electron chi connectivity index (χ0n) is 18.0. The number of hydrogen-bond donors (Lipinski definition) is 1. The van der Waals surface area contributed by atoms with Crippen LogP contribution in [-0.4, -0.2) is 45.3 Å². The van der Waals surface area contributed by atoms with Crippen LogP contribution in [0, 0.1) is 12.3 Å². The maximum Gasteiger partial charge on any atom is 0.326 e. The van der Waals surface area contributed by atoms with Crippen molar-refractivity contribution < 1.29 is 23.1 Å². The second-order valence-electron chi connectivity index (χ2n) is 8.98. The van der Waals surface area contributed by atoms with Crippen molar-refractivity contribution >= 4 is 44.5 Å². The van der Waals surface area contributed by atoms with Gasteiger partial charge < -0.3 is 10.0 Å². The molecule has 8 nitrogen and oxygen atoms in total. The molecule has 1 amide bonds. The molecule has 3 aromatic rings. The lowest BCUT2D eigenvalue weighted by molar-refractivity contribution is -0.146. The topological polar surface area (TPSA) is 110 Å². The van der Waals surface area contributed by atoms with E-state index in [0.29, 0.717) is 10.9 Å². The number of aliphatic carboxylic acids is 1. The fourth-order valence-electron chi connectivity index (χ4n) is 4.11. The molecule has 0 saturated carbocycles. The molecule has 0 radical (unpaired) electrons. The molecule has 1 aromatic carbocycles. The van der Waals surface area contributed by atoms with Gasteiger partial charge in [-0.2, -0.15) is 0 Å². The lowest BCUT2D eigenvalue weighted by atomic mass is 9.84. The normalized spacial score (nSPS) is 15.3. The molecule has 10 heteroatoms. The van der Waals surface area contributed by atoms with Gasteiger partial charge in [0.2, 0.25) is 0 Å². The number of nitrogens with zero attached hydrogens (tertiary/aromatic N) is 3. The summed E-state index contributed by atoms with van der Waals surface area (Å²) in [5, 5.41) is 10.4. The van der Waals surface area contributed by atoms with Crippen molar-refractivity contribution in [1.82, 2.24) is 13.9 Å². The molecule has 4 rings (SSSR count). The van der Waals surface area contributed by atoms with Gasteiger partial charge in [0, 0.05) is 29.9 Å². The molecule has 0 aliphatic carbocycles. The second kappa shape index (κ2) is 7.31. The summed E-state index contributed by atoms with van der Waals surface area (Å²) >= 11 is 6.37. The molecule has 0 spiro atoms. The van der Waals surface area contributed by atoms with Gasteiger partial charge in [-0.1, -0.05) is 50.1 Å². The first-order chi connectivity index (χ1) is 14.8. The Hall–Kier alpha value is -2.91. The Labute approximate surface area is 190 Å². The van der Waals surface area contributed by atoms with Crippen LogP contribution in [-0.2, 0) is 21.4 Å². The van der Waals surface area contributed by atoms with Gasteiger partial charge in [0.1, 0.15) is 6.04 Å². The van der Waals surface area contributed by atoms with E-state index in [1.807, 2.05) is 6.92 Å². The number of hydrogen-bond acceptors (Lipinski definition) is 5. The van der Waals surface area contributed by atoms with Crippen LogP contribution in [0.15, 0.2) is 41.6 Å². The summed E-state index contributed by atoms with van der Waals surface area (Å²) in [6.07, 6.45) is 2.54. The summed E-state index contributed by atoms with van der Waals surface area (Å²) in [4.78, 5) is 31.0. The standard InChI is InChI=1S/C22H22ClN3O5S/c1-12-5-7-13(8-6-12)32(30,31)26-11-15-17-14(16(23)9-24-19(17)26)10-25(20(15)27)18(21(28)29)22(2,3)4/h5-9,11,18H,10H2,1-4H3,(H,28,29). The highest BCUT2D eigenvalue weighted by atomic mass is 35.5. The van der Waals surface area contributed by atoms with Crippen LogP contribution in [0.3, 0.4) is 0 Å². The average Bonchev–Trinajstić information content (AvgIpc) is 3.08. The smallest absolute Gasteiger partial charge is 0.326 e. The number of aromatic nitrogens is 2. The molecule has 168 valence electrons. The highest BCUT2D eigenvalue weighted by Gasteiger charge is 2.43. The molecule has 1 unspecified atom stereocenters. The fourth-order valence-corrected chi connectivity index (χ4v) is 5.63. The Morgan fingerprint density at radius 3 is 2.41 bits per heavy atom. The van der Waals surface area contributed by atoms with E-state index in [9.17, 15) is 23.1 Å². The second-order valence-corrected chi connectivity index (χ2v) is 11.2. The van der Waals surface area contributed by atoms with Crippen LogP contribution in [0.5, 0.6) is 0 Å². The number of carboxylic acids is 1. The van der Waals surface area contributed by atoms with Crippen LogP contribution in [0.4, 0.5) is 0 Å². The molecule has 1 atom stereocenters. The van der Waals surface area contributed by atoms with E-state index < -0.39 is 33.4 Å². The Morgan fingerprint density at radius 1 is 1.22 bits per heavy atom. The Morgan fingerprint density at radius 2 is 1.84 bits per heavy atom. The minimum atomic E-state index is -4.06. The average molecular weight is 476 g/mol. The lowest BCUT2D eigenvalue weighted by Gasteiger charge is -2.39. The summed E-state index contributed by atoms with van der Waals surface area (Å²) in [5.74, 6) is -1.73. The lowest BCUT2D eigenvalue weighted by Crippen LogP contribution is -2.52. The van der Waals surface area contributed by atoms with Crippen LogP contribution < -0.4 is 0 Å².